The first-order valence-corrected chi connectivity index (χ1v) is 7.10. The van der Waals surface area contributed by atoms with Crippen LogP contribution in [0.15, 0.2) is 18.5 Å². The zero-order chi connectivity index (χ0) is 13.1. The van der Waals surface area contributed by atoms with Gasteiger partial charge in [-0.05, 0) is 18.9 Å². The number of hydrogen-bond donors (Lipinski definition) is 0. The Morgan fingerprint density at radius 3 is 2.53 bits per heavy atom. The van der Waals surface area contributed by atoms with Crippen LogP contribution < -0.4 is 4.90 Å². The Kier molecular flexibility index (Phi) is 3.73. The molecule has 2 fully saturated rings. The van der Waals surface area contributed by atoms with E-state index in [9.17, 15) is 4.79 Å². The van der Waals surface area contributed by atoms with E-state index in [1.807, 2.05) is 6.07 Å². The maximum Gasteiger partial charge on any atom is 0.225 e. The second-order valence-corrected chi connectivity index (χ2v) is 5.39. The van der Waals surface area contributed by atoms with Gasteiger partial charge in [0.15, 0.2) is 0 Å². The molecule has 102 valence electrons. The SMILES string of the molecule is O=C1CCCC1CN1CCN(c2ncccn2)CC1. The van der Waals surface area contributed by atoms with Crippen LogP contribution in [0, 0.1) is 5.92 Å². The third-order valence-corrected chi connectivity index (χ3v) is 4.12. The zero-order valence-electron chi connectivity index (χ0n) is 11.2. The molecular weight excluding hydrogens is 240 g/mol. The summed E-state index contributed by atoms with van der Waals surface area (Å²) < 4.78 is 0. The molecule has 1 atom stereocenters. The summed E-state index contributed by atoms with van der Waals surface area (Å²) in [4.78, 5) is 24.9. The molecule has 0 amide bonds. The van der Waals surface area contributed by atoms with E-state index in [4.69, 9.17) is 0 Å². The van der Waals surface area contributed by atoms with Crippen molar-refractivity contribution >= 4 is 11.7 Å². The van der Waals surface area contributed by atoms with E-state index in [1.165, 1.54) is 0 Å². The van der Waals surface area contributed by atoms with Crippen LogP contribution in [0.25, 0.3) is 0 Å². The minimum atomic E-state index is 0.291. The molecule has 0 aromatic carbocycles. The van der Waals surface area contributed by atoms with Gasteiger partial charge in [0.2, 0.25) is 5.95 Å². The summed E-state index contributed by atoms with van der Waals surface area (Å²) in [6.45, 7) is 4.85. The maximum atomic E-state index is 11.7. The monoisotopic (exact) mass is 260 g/mol. The van der Waals surface area contributed by atoms with Gasteiger partial charge in [-0.15, -0.1) is 0 Å². The molecule has 5 heteroatoms. The van der Waals surface area contributed by atoms with Crippen LogP contribution in [-0.2, 0) is 4.79 Å². The molecule has 0 N–H and O–H groups in total. The minimum Gasteiger partial charge on any atom is -0.338 e. The fourth-order valence-corrected chi connectivity index (χ4v) is 2.98. The molecule has 3 rings (SSSR count). The van der Waals surface area contributed by atoms with Gasteiger partial charge in [-0.1, -0.05) is 0 Å². The molecule has 1 aliphatic heterocycles. The first kappa shape index (κ1) is 12.5. The van der Waals surface area contributed by atoms with Gasteiger partial charge in [-0.25, -0.2) is 9.97 Å². The highest BCUT2D eigenvalue weighted by Crippen LogP contribution is 2.23. The van der Waals surface area contributed by atoms with Crippen LogP contribution in [0.2, 0.25) is 0 Å². The highest BCUT2D eigenvalue weighted by molar-refractivity contribution is 5.83. The summed E-state index contributed by atoms with van der Waals surface area (Å²) in [5.41, 5.74) is 0. The number of ketones is 1. The van der Waals surface area contributed by atoms with Crippen molar-refractivity contribution in [3.63, 3.8) is 0 Å². The molecule has 19 heavy (non-hydrogen) atoms. The molecule has 1 saturated heterocycles. The molecule has 2 heterocycles. The van der Waals surface area contributed by atoms with Crippen LogP contribution in [0.5, 0.6) is 0 Å². The Morgan fingerprint density at radius 2 is 1.89 bits per heavy atom. The molecule has 0 bridgehead atoms. The van der Waals surface area contributed by atoms with Crippen molar-refractivity contribution in [2.75, 3.05) is 37.6 Å². The fraction of sp³-hybridized carbons (Fsp3) is 0.643. The third-order valence-electron chi connectivity index (χ3n) is 4.12. The van der Waals surface area contributed by atoms with Crippen LogP contribution in [0.3, 0.4) is 0 Å². The topological polar surface area (TPSA) is 49.3 Å². The summed E-state index contributed by atoms with van der Waals surface area (Å²) in [5, 5.41) is 0. The van der Waals surface area contributed by atoms with Gasteiger partial charge < -0.3 is 4.90 Å². The van der Waals surface area contributed by atoms with Gasteiger partial charge in [0, 0.05) is 57.5 Å². The first-order chi connectivity index (χ1) is 9.33. The molecule has 2 aliphatic rings. The Morgan fingerprint density at radius 1 is 1.16 bits per heavy atom. The number of carbonyl (C=O) groups is 1. The number of anilines is 1. The van der Waals surface area contributed by atoms with E-state index in [0.29, 0.717) is 11.7 Å². The molecular formula is C14H20N4O. The number of piperazine rings is 1. The van der Waals surface area contributed by atoms with Crippen molar-refractivity contribution in [1.29, 1.82) is 0 Å². The highest BCUT2D eigenvalue weighted by Gasteiger charge is 2.28. The summed E-state index contributed by atoms with van der Waals surface area (Å²) in [5.74, 6) is 1.58. The van der Waals surface area contributed by atoms with Crippen molar-refractivity contribution in [2.45, 2.75) is 19.3 Å². The molecule has 1 aromatic heterocycles. The Bertz CT molecular complexity index is 428. The van der Waals surface area contributed by atoms with E-state index < -0.39 is 0 Å². The lowest BCUT2D eigenvalue weighted by atomic mass is 10.1. The Balaban J connectivity index is 1.51. The van der Waals surface area contributed by atoms with E-state index in [1.54, 1.807) is 12.4 Å². The Labute approximate surface area is 113 Å². The van der Waals surface area contributed by atoms with Crippen molar-refractivity contribution in [3.8, 4) is 0 Å². The molecule has 1 saturated carbocycles. The standard InChI is InChI=1S/C14H20N4O/c19-13-4-1-3-12(13)11-17-7-9-18(10-8-17)14-15-5-2-6-16-14/h2,5-6,12H,1,3-4,7-11H2. The quantitative estimate of drug-likeness (QED) is 0.810. The van der Waals surface area contributed by atoms with Crippen molar-refractivity contribution in [1.82, 2.24) is 14.9 Å². The zero-order valence-corrected chi connectivity index (χ0v) is 11.2. The van der Waals surface area contributed by atoms with E-state index >= 15 is 0 Å². The number of rotatable bonds is 3. The fourth-order valence-electron chi connectivity index (χ4n) is 2.98. The predicted molar refractivity (Wildman–Crippen MR) is 73.0 cm³/mol. The van der Waals surface area contributed by atoms with Crippen molar-refractivity contribution < 1.29 is 4.79 Å². The van der Waals surface area contributed by atoms with Crippen molar-refractivity contribution in [2.24, 2.45) is 5.92 Å². The van der Waals surface area contributed by atoms with Gasteiger partial charge in [0.1, 0.15) is 5.78 Å². The average Bonchev–Trinajstić information content (AvgIpc) is 2.86. The summed E-state index contributed by atoms with van der Waals surface area (Å²) in [7, 11) is 0. The van der Waals surface area contributed by atoms with Gasteiger partial charge in [-0.3, -0.25) is 9.69 Å². The van der Waals surface area contributed by atoms with Crippen LogP contribution >= 0.6 is 0 Å². The van der Waals surface area contributed by atoms with Gasteiger partial charge in [0.25, 0.3) is 0 Å². The summed E-state index contributed by atoms with van der Waals surface area (Å²) in [6.07, 6.45) is 6.53. The van der Waals surface area contributed by atoms with E-state index in [-0.39, 0.29) is 0 Å². The molecule has 1 aliphatic carbocycles. The van der Waals surface area contributed by atoms with Gasteiger partial charge >= 0.3 is 0 Å². The lowest BCUT2D eigenvalue weighted by Crippen LogP contribution is -2.48. The lowest BCUT2D eigenvalue weighted by molar-refractivity contribution is -0.121. The van der Waals surface area contributed by atoms with Crippen molar-refractivity contribution in [3.05, 3.63) is 18.5 Å². The number of Topliss-reactive ketones (excluding diaryl/α,β-unsaturated/α-hetero) is 1. The van der Waals surface area contributed by atoms with Crippen LogP contribution in [0.1, 0.15) is 19.3 Å². The highest BCUT2D eigenvalue weighted by atomic mass is 16.1. The number of nitrogens with zero attached hydrogens (tertiary/aromatic N) is 4. The van der Waals surface area contributed by atoms with Crippen LogP contribution in [0.4, 0.5) is 5.95 Å². The Hall–Kier alpha value is -1.49. The third kappa shape index (κ3) is 2.92. The summed E-state index contributed by atoms with van der Waals surface area (Å²) in [6, 6.07) is 1.84. The molecule has 0 radical (unpaired) electrons. The summed E-state index contributed by atoms with van der Waals surface area (Å²) >= 11 is 0. The first-order valence-electron chi connectivity index (χ1n) is 7.10. The molecule has 0 spiro atoms. The molecule has 5 nitrogen and oxygen atoms in total. The number of hydrogen-bond acceptors (Lipinski definition) is 5. The molecule has 1 unspecified atom stereocenters. The van der Waals surface area contributed by atoms with Gasteiger partial charge in [-0.2, -0.15) is 0 Å². The van der Waals surface area contributed by atoms with Crippen LogP contribution in [-0.4, -0.2) is 53.4 Å². The molecule has 1 aromatic rings. The maximum absolute atomic E-state index is 11.7. The largest absolute Gasteiger partial charge is 0.338 e. The van der Waals surface area contributed by atoms with E-state index in [2.05, 4.69) is 19.8 Å². The predicted octanol–water partition coefficient (Wildman–Crippen LogP) is 0.968. The average molecular weight is 260 g/mol. The number of aromatic nitrogens is 2. The minimum absolute atomic E-state index is 0.291. The normalized spacial score (nSPS) is 24.9. The second-order valence-electron chi connectivity index (χ2n) is 5.39. The second kappa shape index (κ2) is 5.65. The van der Waals surface area contributed by atoms with Gasteiger partial charge in [0.05, 0.1) is 0 Å². The lowest BCUT2D eigenvalue weighted by Gasteiger charge is -2.35. The number of carbonyl (C=O) groups excluding carboxylic acids is 1. The smallest absolute Gasteiger partial charge is 0.225 e. The van der Waals surface area contributed by atoms with E-state index in [0.717, 1.165) is 57.9 Å².